The number of hydrogen-bond acceptors (Lipinski definition) is 9. The van der Waals surface area contributed by atoms with Crippen LogP contribution in [0.15, 0.2) is 5.16 Å². The molecule has 10 heteroatoms. The van der Waals surface area contributed by atoms with E-state index in [1.165, 1.54) is 18.2 Å². The molecule has 0 amide bonds. The molecular weight excluding hydrogens is 400 g/mol. The molecule has 1 aliphatic rings. The zero-order valence-corrected chi connectivity index (χ0v) is 17.7. The van der Waals surface area contributed by atoms with Gasteiger partial charge in [-0.15, -0.1) is 21.5 Å². The minimum atomic E-state index is -0.525. The van der Waals surface area contributed by atoms with Crippen LogP contribution in [-0.2, 0) is 28.2 Å². The Kier molecular flexibility index (Phi) is 6.95. The monoisotopic (exact) mass is 424 g/mol. The normalized spacial score (nSPS) is 13.6. The van der Waals surface area contributed by atoms with Crippen LogP contribution in [0.1, 0.15) is 64.5 Å². The fourth-order valence-electron chi connectivity index (χ4n) is 3.11. The van der Waals surface area contributed by atoms with Gasteiger partial charge in [0.25, 0.3) is 0 Å². The van der Waals surface area contributed by atoms with Crippen molar-refractivity contribution in [2.75, 3.05) is 18.9 Å². The van der Waals surface area contributed by atoms with E-state index in [4.69, 9.17) is 15.2 Å². The molecule has 0 saturated carbocycles. The van der Waals surface area contributed by atoms with Gasteiger partial charge in [-0.05, 0) is 26.7 Å². The van der Waals surface area contributed by atoms with Crippen molar-refractivity contribution in [2.45, 2.75) is 57.0 Å². The lowest BCUT2D eigenvalue weighted by atomic mass is 10.1. The SMILES string of the molecule is CCOC(=O)c1sc(N)c(C(=O)OCC)c1CSc1nnc2n1CCCCC2. The summed E-state index contributed by atoms with van der Waals surface area (Å²) in [6, 6.07) is 0. The Labute approximate surface area is 171 Å². The van der Waals surface area contributed by atoms with Crippen LogP contribution in [0.3, 0.4) is 0 Å². The summed E-state index contributed by atoms with van der Waals surface area (Å²) in [6.07, 6.45) is 4.30. The van der Waals surface area contributed by atoms with Gasteiger partial charge in [-0.2, -0.15) is 0 Å². The second-order valence-electron chi connectivity index (χ2n) is 6.24. The maximum Gasteiger partial charge on any atom is 0.348 e. The Balaban J connectivity index is 1.90. The average Bonchev–Trinajstić information content (AvgIpc) is 3.11. The van der Waals surface area contributed by atoms with Crippen molar-refractivity contribution in [3.05, 3.63) is 21.8 Å². The van der Waals surface area contributed by atoms with Crippen LogP contribution < -0.4 is 5.73 Å². The molecule has 8 nitrogen and oxygen atoms in total. The summed E-state index contributed by atoms with van der Waals surface area (Å²) in [5, 5.41) is 9.64. The number of esters is 2. The number of thioether (sulfide) groups is 1. The fraction of sp³-hybridized carbons (Fsp3) is 0.556. The summed E-state index contributed by atoms with van der Waals surface area (Å²) in [6.45, 7) is 4.82. The topological polar surface area (TPSA) is 109 Å². The molecular formula is C18H24N4O4S2. The smallest absolute Gasteiger partial charge is 0.348 e. The molecule has 0 atom stereocenters. The third-order valence-corrected chi connectivity index (χ3v) is 6.43. The highest BCUT2D eigenvalue weighted by atomic mass is 32.2. The van der Waals surface area contributed by atoms with Gasteiger partial charge >= 0.3 is 11.9 Å². The van der Waals surface area contributed by atoms with Crippen LogP contribution in [0.4, 0.5) is 5.00 Å². The Morgan fingerprint density at radius 3 is 2.64 bits per heavy atom. The number of nitrogens with zero attached hydrogens (tertiary/aromatic N) is 3. The number of aryl methyl sites for hydroxylation is 1. The third-order valence-electron chi connectivity index (χ3n) is 4.40. The number of hydrogen-bond donors (Lipinski definition) is 1. The van der Waals surface area contributed by atoms with Crippen molar-refractivity contribution in [3.63, 3.8) is 0 Å². The van der Waals surface area contributed by atoms with Crippen molar-refractivity contribution in [1.29, 1.82) is 0 Å². The summed E-state index contributed by atoms with van der Waals surface area (Å²) in [7, 11) is 0. The average molecular weight is 425 g/mol. The second-order valence-corrected chi connectivity index (χ2v) is 8.23. The number of carbonyl (C=O) groups is 2. The molecule has 3 heterocycles. The minimum absolute atomic E-state index is 0.229. The molecule has 2 N–H and O–H groups in total. The number of nitrogen functional groups attached to an aromatic ring is 1. The molecule has 0 aliphatic carbocycles. The van der Waals surface area contributed by atoms with Crippen LogP contribution in [0.5, 0.6) is 0 Å². The maximum absolute atomic E-state index is 12.4. The molecule has 1 aliphatic heterocycles. The van der Waals surface area contributed by atoms with E-state index in [-0.39, 0.29) is 23.8 Å². The van der Waals surface area contributed by atoms with E-state index in [0.717, 1.165) is 48.1 Å². The minimum Gasteiger partial charge on any atom is -0.462 e. The molecule has 0 spiro atoms. The largest absolute Gasteiger partial charge is 0.462 e. The van der Waals surface area contributed by atoms with E-state index in [1.54, 1.807) is 13.8 Å². The predicted octanol–water partition coefficient (Wildman–Crippen LogP) is 3.29. The quantitative estimate of drug-likeness (QED) is 0.533. The van der Waals surface area contributed by atoms with Gasteiger partial charge in [0, 0.05) is 24.3 Å². The number of ether oxygens (including phenoxy) is 2. The molecule has 0 bridgehead atoms. The molecule has 2 aromatic rings. The van der Waals surface area contributed by atoms with Crippen LogP contribution in [0.2, 0.25) is 0 Å². The lowest BCUT2D eigenvalue weighted by molar-refractivity contribution is 0.0527. The molecule has 0 aromatic carbocycles. The zero-order chi connectivity index (χ0) is 20.1. The summed E-state index contributed by atoms with van der Waals surface area (Å²) in [5.74, 6) is 0.336. The van der Waals surface area contributed by atoms with Gasteiger partial charge in [-0.25, -0.2) is 9.59 Å². The maximum atomic E-state index is 12.4. The van der Waals surface area contributed by atoms with E-state index >= 15 is 0 Å². The molecule has 2 aromatic heterocycles. The van der Waals surface area contributed by atoms with E-state index < -0.39 is 11.9 Å². The standard InChI is InChI=1S/C18H24N4O4S2/c1-3-25-16(23)13-11(14(28-15(13)19)17(24)26-4-2)10-27-18-21-20-12-8-6-5-7-9-22(12)18/h3-10,19H2,1-2H3. The van der Waals surface area contributed by atoms with Gasteiger partial charge in [0.15, 0.2) is 5.16 Å². The summed E-state index contributed by atoms with van der Waals surface area (Å²) < 4.78 is 12.4. The first-order chi connectivity index (χ1) is 13.6. The van der Waals surface area contributed by atoms with E-state index in [2.05, 4.69) is 14.8 Å². The van der Waals surface area contributed by atoms with Crippen LogP contribution >= 0.6 is 23.1 Å². The molecule has 0 unspecified atom stereocenters. The van der Waals surface area contributed by atoms with Gasteiger partial charge in [0.05, 0.1) is 18.8 Å². The first-order valence-corrected chi connectivity index (χ1v) is 11.2. The van der Waals surface area contributed by atoms with Gasteiger partial charge in [0.2, 0.25) is 0 Å². The van der Waals surface area contributed by atoms with Crippen LogP contribution in [-0.4, -0.2) is 39.9 Å². The number of carbonyl (C=O) groups excluding carboxylic acids is 2. The third kappa shape index (κ3) is 4.33. The van der Waals surface area contributed by atoms with Crippen molar-refractivity contribution < 1.29 is 19.1 Å². The van der Waals surface area contributed by atoms with E-state index in [1.807, 2.05) is 0 Å². The van der Waals surface area contributed by atoms with Crippen molar-refractivity contribution in [1.82, 2.24) is 14.8 Å². The van der Waals surface area contributed by atoms with Gasteiger partial charge < -0.3 is 19.8 Å². The predicted molar refractivity (Wildman–Crippen MR) is 108 cm³/mol. The molecule has 0 fully saturated rings. The molecule has 0 radical (unpaired) electrons. The Morgan fingerprint density at radius 2 is 1.89 bits per heavy atom. The lowest BCUT2D eigenvalue weighted by Gasteiger charge is -2.09. The molecule has 0 saturated heterocycles. The number of nitrogens with two attached hydrogens (primary N) is 1. The summed E-state index contributed by atoms with van der Waals surface area (Å²) >= 11 is 2.50. The highest BCUT2D eigenvalue weighted by molar-refractivity contribution is 7.98. The van der Waals surface area contributed by atoms with Gasteiger partial charge in [-0.3, -0.25) is 0 Å². The van der Waals surface area contributed by atoms with E-state index in [9.17, 15) is 9.59 Å². The molecule has 28 heavy (non-hydrogen) atoms. The van der Waals surface area contributed by atoms with E-state index in [0.29, 0.717) is 16.2 Å². The van der Waals surface area contributed by atoms with Crippen molar-refractivity contribution in [2.24, 2.45) is 0 Å². The second kappa shape index (κ2) is 9.42. The highest BCUT2D eigenvalue weighted by Gasteiger charge is 2.28. The van der Waals surface area contributed by atoms with Crippen LogP contribution in [0, 0.1) is 0 Å². The zero-order valence-electron chi connectivity index (χ0n) is 16.0. The Hall–Kier alpha value is -2.07. The molecule has 152 valence electrons. The molecule has 3 rings (SSSR count). The number of thiophene rings is 1. The fourth-order valence-corrected chi connectivity index (χ4v) is 5.19. The summed E-state index contributed by atoms with van der Waals surface area (Å²) in [4.78, 5) is 25.2. The first kappa shape index (κ1) is 20.7. The van der Waals surface area contributed by atoms with Crippen molar-refractivity contribution in [3.8, 4) is 0 Å². The van der Waals surface area contributed by atoms with Crippen molar-refractivity contribution >= 4 is 40.0 Å². The van der Waals surface area contributed by atoms with Crippen LogP contribution in [0.25, 0.3) is 0 Å². The number of fused-ring (bicyclic) bond motifs is 1. The van der Waals surface area contributed by atoms with Gasteiger partial charge in [-0.1, -0.05) is 18.2 Å². The summed E-state index contributed by atoms with van der Waals surface area (Å²) in [5.41, 5.74) is 6.84. The first-order valence-electron chi connectivity index (χ1n) is 9.37. The number of anilines is 1. The van der Waals surface area contributed by atoms with Gasteiger partial charge in [0.1, 0.15) is 15.7 Å². The Bertz CT molecular complexity index is 862. The highest BCUT2D eigenvalue weighted by Crippen LogP contribution is 2.36. The lowest BCUT2D eigenvalue weighted by Crippen LogP contribution is -2.11. The number of rotatable bonds is 7. The Morgan fingerprint density at radius 1 is 1.14 bits per heavy atom. The number of aromatic nitrogens is 3.